The number of hydrogen-bond acceptors (Lipinski definition) is 7. The Bertz CT molecular complexity index is 1380. The molecule has 0 spiro atoms. The molecule has 0 radical (unpaired) electrons. The highest BCUT2D eigenvalue weighted by atomic mass is 19.4. The van der Waals surface area contributed by atoms with Crippen molar-refractivity contribution in [2.24, 2.45) is 17.8 Å². The van der Waals surface area contributed by atoms with Crippen LogP contribution in [0.4, 0.5) is 23.8 Å². The zero-order valence-electron chi connectivity index (χ0n) is 26.2. The summed E-state index contributed by atoms with van der Waals surface area (Å²) >= 11 is 0. The highest BCUT2D eigenvalue weighted by Crippen LogP contribution is 2.38. The van der Waals surface area contributed by atoms with Crippen molar-refractivity contribution in [3.8, 4) is 0 Å². The van der Waals surface area contributed by atoms with E-state index in [0.717, 1.165) is 50.7 Å². The highest BCUT2D eigenvalue weighted by Gasteiger charge is 2.36. The van der Waals surface area contributed by atoms with Crippen molar-refractivity contribution in [3.05, 3.63) is 30.1 Å². The Morgan fingerprint density at radius 3 is 2.31 bits per heavy atom. The number of carbonyl (C=O) groups excluding carboxylic acids is 3. The average molecular weight is 633 g/mol. The molecular weight excluding hydrogens is 589 g/mol. The van der Waals surface area contributed by atoms with Crippen LogP contribution in [0.15, 0.2) is 24.5 Å². The number of aromatic nitrogens is 2. The molecule has 1 aromatic carbocycles. The van der Waals surface area contributed by atoms with Gasteiger partial charge in [0.05, 0.1) is 11.1 Å². The normalized spacial score (nSPS) is 23.3. The van der Waals surface area contributed by atoms with Crippen molar-refractivity contribution in [3.63, 3.8) is 0 Å². The topological polar surface area (TPSA) is 117 Å². The van der Waals surface area contributed by atoms with Gasteiger partial charge in [-0.2, -0.15) is 13.2 Å². The Balaban J connectivity index is 1.03. The second-order valence-electron chi connectivity index (χ2n) is 13.5. The molecule has 3 amide bonds. The van der Waals surface area contributed by atoms with Crippen LogP contribution in [0.1, 0.15) is 71.3 Å². The first-order valence-corrected chi connectivity index (χ1v) is 15.9. The number of fused-ring (bicyclic) bond motifs is 1. The number of piperidine rings is 1. The summed E-state index contributed by atoms with van der Waals surface area (Å²) in [5.74, 6) is 1.10. The van der Waals surface area contributed by atoms with Crippen LogP contribution < -0.4 is 10.6 Å². The van der Waals surface area contributed by atoms with Gasteiger partial charge in [-0.1, -0.05) is 0 Å². The largest absolute Gasteiger partial charge is 0.444 e. The number of halogens is 3. The Kier molecular flexibility index (Phi) is 9.74. The maximum absolute atomic E-state index is 13.3. The van der Waals surface area contributed by atoms with Gasteiger partial charge in [-0.3, -0.25) is 9.59 Å². The summed E-state index contributed by atoms with van der Waals surface area (Å²) in [6, 6.07) is 2.63. The first-order valence-electron chi connectivity index (χ1n) is 15.9. The fourth-order valence-electron chi connectivity index (χ4n) is 6.80. The van der Waals surface area contributed by atoms with Gasteiger partial charge >= 0.3 is 12.3 Å². The van der Waals surface area contributed by atoms with Crippen LogP contribution in [0.2, 0.25) is 0 Å². The number of hydrogen-bond donors (Lipinski definition) is 2. The lowest BCUT2D eigenvalue weighted by Crippen LogP contribution is -2.43. The maximum atomic E-state index is 13.3. The zero-order valence-corrected chi connectivity index (χ0v) is 26.2. The van der Waals surface area contributed by atoms with Crippen LogP contribution >= 0.6 is 0 Å². The molecule has 1 aliphatic carbocycles. The van der Waals surface area contributed by atoms with Crippen molar-refractivity contribution >= 4 is 34.6 Å². The Hall–Kier alpha value is -3.64. The lowest BCUT2D eigenvalue weighted by molar-refractivity contribution is -0.137. The van der Waals surface area contributed by atoms with Crippen molar-refractivity contribution in [1.29, 1.82) is 0 Å². The number of alkyl halides is 3. The number of rotatable bonds is 7. The third-order valence-electron chi connectivity index (χ3n) is 9.25. The monoisotopic (exact) mass is 632 g/mol. The van der Waals surface area contributed by atoms with Gasteiger partial charge in [-0.15, -0.1) is 0 Å². The van der Waals surface area contributed by atoms with Crippen LogP contribution in [-0.4, -0.2) is 82.0 Å². The van der Waals surface area contributed by atoms with E-state index < -0.39 is 23.4 Å². The van der Waals surface area contributed by atoms with Crippen molar-refractivity contribution in [1.82, 2.24) is 25.1 Å². The number of carbonyl (C=O) groups is 3. The van der Waals surface area contributed by atoms with E-state index in [1.54, 1.807) is 9.80 Å². The first kappa shape index (κ1) is 32.7. The molecule has 3 aliphatic rings. The molecule has 246 valence electrons. The molecule has 5 rings (SSSR count). The van der Waals surface area contributed by atoms with Crippen molar-refractivity contribution in [2.45, 2.75) is 83.5 Å². The lowest BCUT2D eigenvalue weighted by Gasteiger charge is -2.39. The number of nitrogens with zero attached hydrogens (tertiary/aromatic N) is 4. The number of ether oxygens (including phenoxy) is 1. The van der Waals surface area contributed by atoms with Gasteiger partial charge in [-0.05, 0) is 95.8 Å². The van der Waals surface area contributed by atoms with Gasteiger partial charge in [0.25, 0.3) is 0 Å². The SMILES string of the molecule is CC(C)(C)OC(=O)N1CCC(C2CCC(C(=O)NCCN3CC[C@H](Nc4ncnc5ccc(C(F)(F)F)cc45)C3=O)CC2)CC1. The van der Waals surface area contributed by atoms with Crippen LogP contribution in [-0.2, 0) is 20.5 Å². The molecule has 2 N–H and O–H groups in total. The molecule has 2 aromatic rings. The van der Waals surface area contributed by atoms with E-state index in [-0.39, 0.29) is 35.0 Å². The number of nitrogens with one attached hydrogen (secondary N) is 2. The summed E-state index contributed by atoms with van der Waals surface area (Å²) in [7, 11) is 0. The fourth-order valence-corrected chi connectivity index (χ4v) is 6.80. The number of likely N-dealkylation sites (tertiary alicyclic amines) is 2. The molecular formula is C32H43F3N6O4. The molecule has 0 bridgehead atoms. The molecule has 3 heterocycles. The molecule has 1 aromatic heterocycles. The van der Waals surface area contributed by atoms with Crippen LogP contribution in [0.25, 0.3) is 10.9 Å². The average Bonchev–Trinajstić information content (AvgIpc) is 3.34. The molecule has 1 atom stereocenters. The predicted molar refractivity (Wildman–Crippen MR) is 162 cm³/mol. The number of benzene rings is 1. The first-order chi connectivity index (χ1) is 21.3. The lowest BCUT2D eigenvalue weighted by atomic mass is 9.72. The molecule has 2 saturated heterocycles. The third kappa shape index (κ3) is 8.15. The molecule has 2 aliphatic heterocycles. The van der Waals surface area contributed by atoms with Crippen LogP contribution in [0.5, 0.6) is 0 Å². The van der Waals surface area contributed by atoms with E-state index in [0.29, 0.717) is 56.5 Å². The maximum Gasteiger partial charge on any atom is 0.416 e. The van der Waals surface area contributed by atoms with Gasteiger partial charge < -0.3 is 25.2 Å². The summed E-state index contributed by atoms with van der Waals surface area (Å²) in [6.45, 7) is 8.21. The molecule has 0 unspecified atom stereocenters. The second-order valence-corrected chi connectivity index (χ2v) is 13.5. The summed E-state index contributed by atoms with van der Waals surface area (Å²) in [6.07, 6.45) is 2.56. The van der Waals surface area contributed by atoms with Gasteiger partial charge in [0.2, 0.25) is 11.8 Å². The van der Waals surface area contributed by atoms with Crippen molar-refractivity contribution in [2.75, 3.05) is 38.0 Å². The van der Waals surface area contributed by atoms with E-state index in [2.05, 4.69) is 20.6 Å². The summed E-state index contributed by atoms with van der Waals surface area (Å²) in [5.41, 5.74) is -0.958. The van der Waals surface area contributed by atoms with Gasteiger partial charge in [0, 0.05) is 44.0 Å². The molecule has 13 heteroatoms. The fraction of sp³-hybridized carbons (Fsp3) is 0.656. The van der Waals surface area contributed by atoms with Crippen LogP contribution in [0.3, 0.4) is 0 Å². The quantitative estimate of drug-likeness (QED) is 0.429. The van der Waals surface area contributed by atoms with E-state index in [9.17, 15) is 27.6 Å². The molecule has 45 heavy (non-hydrogen) atoms. The van der Waals surface area contributed by atoms with Crippen LogP contribution in [0, 0.1) is 17.8 Å². The van der Waals surface area contributed by atoms with Crippen molar-refractivity contribution < 1.29 is 32.3 Å². The Morgan fingerprint density at radius 2 is 1.64 bits per heavy atom. The van der Waals surface area contributed by atoms with E-state index in [1.807, 2.05) is 20.8 Å². The van der Waals surface area contributed by atoms with E-state index in [1.165, 1.54) is 12.4 Å². The summed E-state index contributed by atoms with van der Waals surface area (Å²) in [4.78, 5) is 50.0. The minimum absolute atomic E-state index is 0.0161. The third-order valence-corrected chi connectivity index (χ3v) is 9.25. The molecule has 3 fully saturated rings. The smallest absolute Gasteiger partial charge is 0.416 e. The van der Waals surface area contributed by atoms with E-state index >= 15 is 0 Å². The molecule has 10 nitrogen and oxygen atoms in total. The second kappa shape index (κ2) is 13.4. The molecule has 1 saturated carbocycles. The minimum atomic E-state index is -4.51. The van der Waals surface area contributed by atoms with Gasteiger partial charge in [0.15, 0.2) is 0 Å². The zero-order chi connectivity index (χ0) is 32.4. The Morgan fingerprint density at radius 1 is 0.956 bits per heavy atom. The summed E-state index contributed by atoms with van der Waals surface area (Å²) < 4.78 is 45.3. The van der Waals surface area contributed by atoms with E-state index in [4.69, 9.17) is 4.74 Å². The van der Waals surface area contributed by atoms with Gasteiger partial charge in [-0.25, -0.2) is 14.8 Å². The predicted octanol–water partition coefficient (Wildman–Crippen LogP) is 5.23. The standard InChI is InChI=1S/C32H43F3N6O4/c1-31(2,3)45-30(44)41-14-10-21(11-15-41)20-4-6-22(7-5-20)28(42)36-13-17-40-16-12-26(29(40)43)39-27-24-18-23(32(33,34)35)8-9-25(24)37-19-38-27/h8-9,18-22,26H,4-7,10-17H2,1-3H3,(H,36,42)(H,37,38,39)/t20?,22?,26-/m0/s1. The number of anilines is 1. The number of amides is 3. The van der Waals surface area contributed by atoms with Gasteiger partial charge in [0.1, 0.15) is 23.8 Å². The summed E-state index contributed by atoms with van der Waals surface area (Å²) in [5, 5.41) is 6.22. The minimum Gasteiger partial charge on any atom is -0.444 e. The Labute approximate surface area is 261 Å². The highest BCUT2D eigenvalue weighted by molar-refractivity contribution is 5.93.